The van der Waals surface area contributed by atoms with Gasteiger partial charge in [0.05, 0.1) is 6.61 Å². The quantitative estimate of drug-likeness (QED) is 0.811. The molecule has 110 valence electrons. The summed E-state index contributed by atoms with van der Waals surface area (Å²) in [5.74, 6) is 0.789. The zero-order valence-corrected chi connectivity index (χ0v) is 12.1. The molecule has 0 aromatic heterocycles. The standard InChI is InChI=1S/C16H24N2O2/c1-12(14-4-6-15(17)7-5-14)9-16(19)18-10-13-3-2-8-20-11-13/h4-7,12-13H,2-3,8-11,17H2,1H3,(H,18,19). The predicted octanol–water partition coefficient (Wildman–Crippen LogP) is 2.31. The zero-order valence-electron chi connectivity index (χ0n) is 12.1. The molecule has 1 heterocycles. The molecule has 1 amide bonds. The summed E-state index contributed by atoms with van der Waals surface area (Å²) in [6, 6.07) is 7.73. The van der Waals surface area contributed by atoms with Crippen LogP contribution in [-0.2, 0) is 9.53 Å². The second-order valence-corrected chi connectivity index (χ2v) is 5.66. The summed E-state index contributed by atoms with van der Waals surface area (Å²) >= 11 is 0. The van der Waals surface area contributed by atoms with Crippen molar-refractivity contribution < 1.29 is 9.53 Å². The first-order valence-corrected chi connectivity index (χ1v) is 7.35. The number of nitrogens with one attached hydrogen (secondary N) is 1. The topological polar surface area (TPSA) is 64.3 Å². The fourth-order valence-electron chi connectivity index (χ4n) is 2.52. The minimum atomic E-state index is 0.111. The molecule has 20 heavy (non-hydrogen) atoms. The van der Waals surface area contributed by atoms with Crippen molar-refractivity contribution >= 4 is 11.6 Å². The van der Waals surface area contributed by atoms with Gasteiger partial charge in [-0.1, -0.05) is 19.1 Å². The third-order valence-corrected chi connectivity index (χ3v) is 3.84. The van der Waals surface area contributed by atoms with E-state index in [0.29, 0.717) is 12.3 Å². The molecule has 1 fully saturated rings. The molecule has 1 aromatic rings. The smallest absolute Gasteiger partial charge is 0.220 e. The van der Waals surface area contributed by atoms with Gasteiger partial charge in [0.1, 0.15) is 0 Å². The monoisotopic (exact) mass is 276 g/mol. The van der Waals surface area contributed by atoms with Crippen molar-refractivity contribution in [3.63, 3.8) is 0 Å². The zero-order chi connectivity index (χ0) is 14.4. The molecule has 1 saturated heterocycles. The van der Waals surface area contributed by atoms with Crippen molar-refractivity contribution in [1.29, 1.82) is 0 Å². The summed E-state index contributed by atoms with van der Waals surface area (Å²) in [5.41, 5.74) is 7.57. The Morgan fingerprint density at radius 3 is 2.85 bits per heavy atom. The lowest BCUT2D eigenvalue weighted by atomic mass is 9.97. The average molecular weight is 276 g/mol. The lowest BCUT2D eigenvalue weighted by Crippen LogP contribution is -2.33. The van der Waals surface area contributed by atoms with Gasteiger partial charge >= 0.3 is 0 Å². The Balaban J connectivity index is 1.74. The summed E-state index contributed by atoms with van der Waals surface area (Å²) in [6.45, 7) is 4.43. The Kier molecular flexibility index (Phi) is 5.41. The van der Waals surface area contributed by atoms with Gasteiger partial charge in [-0.3, -0.25) is 4.79 Å². The van der Waals surface area contributed by atoms with Gasteiger partial charge in [0, 0.05) is 25.3 Å². The van der Waals surface area contributed by atoms with E-state index in [1.165, 1.54) is 0 Å². The Hall–Kier alpha value is -1.55. The molecule has 3 N–H and O–H groups in total. The second kappa shape index (κ2) is 7.29. The van der Waals surface area contributed by atoms with Crippen LogP contribution in [0.5, 0.6) is 0 Å². The van der Waals surface area contributed by atoms with E-state index < -0.39 is 0 Å². The Morgan fingerprint density at radius 2 is 2.20 bits per heavy atom. The molecule has 0 spiro atoms. The largest absolute Gasteiger partial charge is 0.399 e. The number of carbonyl (C=O) groups is 1. The van der Waals surface area contributed by atoms with Crippen LogP contribution in [0.3, 0.4) is 0 Å². The molecule has 0 bridgehead atoms. The molecule has 1 aliphatic rings. The number of carbonyl (C=O) groups excluding carboxylic acids is 1. The van der Waals surface area contributed by atoms with Gasteiger partial charge < -0.3 is 15.8 Å². The van der Waals surface area contributed by atoms with E-state index in [4.69, 9.17) is 10.5 Å². The van der Waals surface area contributed by atoms with Crippen molar-refractivity contribution in [3.05, 3.63) is 29.8 Å². The molecule has 2 rings (SSSR count). The molecule has 0 radical (unpaired) electrons. The molecule has 4 nitrogen and oxygen atoms in total. The number of nitrogen functional groups attached to an aromatic ring is 1. The highest BCUT2D eigenvalue weighted by Gasteiger charge is 2.16. The van der Waals surface area contributed by atoms with Gasteiger partial charge in [0.2, 0.25) is 5.91 Å². The first kappa shape index (κ1) is 14.9. The molecule has 0 aliphatic carbocycles. The summed E-state index contributed by atoms with van der Waals surface area (Å²) in [6.07, 6.45) is 2.76. The molecular formula is C16H24N2O2. The second-order valence-electron chi connectivity index (χ2n) is 5.66. The number of hydrogen-bond donors (Lipinski definition) is 2. The van der Waals surface area contributed by atoms with Gasteiger partial charge in [-0.2, -0.15) is 0 Å². The number of rotatable bonds is 5. The number of nitrogens with two attached hydrogens (primary N) is 1. The van der Waals surface area contributed by atoms with Gasteiger partial charge in [-0.05, 0) is 42.4 Å². The average Bonchev–Trinajstić information content (AvgIpc) is 2.47. The Labute approximate surface area is 120 Å². The van der Waals surface area contributed by atoms with Crippen LogP contribution in [0.25, 0.3) is 0 Å². The fourth-order valence-corrected chi connectivity index (χ4v) is 2.52. The highest BCUT2D eigenvalue weighted by Crippen LogP contribution is 2.20. The van der Waals surface area contributed by atoms with Crippen molar-refractivity contribution in [2.75, 3.05) is 25.5 Å². The van der Waals surface area contributed by atoms with Crippen LogP contribution in [0.4, 0.5) is 5.69 Å². The summed E-state index contributed by atoms with van der Waals surface area (Å²) in [5, 5.41) is 3.02. The van der Waals surface area contributed by atoms with Crippen LogP contribution in [-0.4, -0.2) is 25.7 Å². The fraction of sp³-hybridized carbons (Fsp3) is 0.562. The maximum Gasteiger partial charge on any atom is 0.220 e. The molecule has 2 atom stereocenters. The van der Waals surface area contributed by atoms with E-state index in [1.807, 2.05) is 24.3 Å². The summed E-state index contributed by atoms with van der Waals surface area (Å²) in [4.78, 5) is 12.0. The van der Waals surface area contributed by atoms with Crippen LogP contribution in [0.2, 0.25) is 0 Å². The van der Waals surface area contributed by atoms with Crippen LogP contribution in [0.1, 0.15) is 37.7 Å². The van der Waals surface area contributed by atoms with Gasteiger partial charge in [0.25, 0.3) is 0 Å². The molecule has 2 unspecified atom stereocenters. The van der Waals surface area contributed by atoms with Crippen molar-refractivity contribution in [3.8, 4) is 0 Å². The maximum atomic E-state index is 12.0. The van der Waals surface area contributed by atoms with Crippen LogP contribution < -0.4 is 11.1 Å². The van der Waals surface area contributed by atoms with Crippen molar-refractivity contribution in [2.24, 2.45) is 5.92 Å². The van der Waals surface area contributed by atoms with E-state index in [1.54, 1.807) is 0 Å². The number of amides is 1. The number of benzene rings is 1. The van der Waals surface area contributed by atoms with Gasteiger partial charge in [-0.15, -0.1) is 0 Å². The Bertz CT molecular complexity index is 425. The Morgan fingerprint density at radius 1 is 1.45 bits per heavy atom. The highest BCUT2D eigenvalue weighted by molar-refractivity contribution is 5.76. The van der Waals surface area contributed by atoms with Crippen LogP contribution in [0.15, 0.2) is 24.3 Å². The van der Waals surface area contributed by atoms with E-state index in [0.717, 1.165) is 43.9 Å². The SMILES string of the molecule is CC(CC(=O)NCC1CCCOC1)c1ccc(N)cc1. The molecule has 0 saturated carbocycles. The molecule has 1 aromatic carbocycles. The minimum absolute atomic E-state index is 0.111. The molecule has 4 heteroatoms. The number of hydrogen-bond acceptors (Lipinski definition) is 3. The number of anilines is 1. The maximum absolute atomic E-state index is 12.0. The first-order valence-electron chi connectivity index (χ1n) is 7.35. The normalized spacial score (nSPS) is 20.4. The highest BCUT2D eigenvalue weighted by atomic mass is 16.5. The van der Waals surface area contributed by atoms with E-state index in [-0.39, 0.29) is 11.8 Å². The van der Waals surface area contributed by atoms with E-state index >= 15 is 0 Å². The third kappa shape index (κ3) is 4.53. The predicted molar refractivity (Wildman–Crippen MR) is 80.4 cm³/mol. The van der Waals surface area contributed by atoms with Gasteiger partial charge in [-0.25, -0.2) is 0 Å². The molecular weight excluding hydrogens is 252 g/mol. The van der Waals surface area contributed by atoms with Crippen molar-refractivity contribution in [2.45, 2.75) is 32.1 Å². The summed E-state index contributed by atoms with van der Waals surface area (Å²) in [7, 11) is 0. The number of ether oxygens (including phenoxy) is 1. The third-order valence-electron chi connectivity index (χ3n) is 3.84. The summed E-state index contributed by atoms with van der Waals surface area (Å²) < 4.78 is 5.41. The minimum Gasteiger partial charge on any atom is -0.399 e. The van der Waals surface area contributed by atoms with E-state index in [2.05, 4.69) is 12.2 Å². The van der Waals surface area contributed by atoms with Crippen molar-refractivity contribution in [1.82, 2.24) is 5.32 Å². The molecule has 1 aliphatic heterocycles. The van der Waals surface area contributed by atoms with Crippen LogP contribution >= 0.6 is 0 Å². The van der Waals surface area contributed by atoms with Gasteiger partial charge in [0.15, 0.2) is 0 Å². The first-order chi connectivity index (χ1) is 9.65. The van der Waals surface area contributed by atoms with E-state index in [9.17, 15) is 4.79 Å². The lowest BCUT2D eigenvalue weighted by Gasteiger charge is -2.22. The lowest BCUT2D eigenvalue weighted by molar-refractivity contribution is -0.121. The van der Waals surface area contributed by atoms with Crippen LogP contribution in [0, 0.1) is 5.92 Å².